The summed E-state index contributed by atoms with van der Waals surface area (Å²) in [5.74, 6) is 5.87. The molecule has 3 aromatic heterocycles. The molecule has 1 unspecified atom stereocenters. The normalized spacial score (nSPS) is 17.0. The summed E-state index contributed by atoms with van der Waals surface area (Å²) >= 11 is 0. The fourth-order valence-corrected chi connectivity index (χ4v) is 4.87. The van der Waals surface area contributed by atoms with Crippen LogP contribution in [0.25, 0.3) is 0 Å². The van der Waals surface area contributed by atoms with Gasteiger partial charge in [-0.05, 0) is 38.5 Å². The summed E-state index contributed by atoms with van der Waals surface area (Å²) in [7, 11) is 1.79. The summed E-state index contributed by atoms with van der Waals surface area (Å²) in [6, 6.07) is 5.39. The van der Waals surface area contributed by atoms with Crippen molar-refractivity contribution in [3.05, 3.63) is 59.8 Å². The number of nitriles is 1. The number of nitrogens with zero attached hydrogens (tertiary/aromatic N) is 7. The van der Waals surface area contributed by atoms with Gasteiger partial charge in [-0.1, -0.05) is 11.8 Å². The fraction of sp³-hybridized carbons (Fsp3) is 0.367. The summed E-state index contributed by atoms with van der Waals surface area (Å²) < 4.78 is 41.2. The molecular weight excluding hydrogens is 591 g/mol. The molecule has 5 heterocycles. The topological polar surface area (TPSA) is 149 Å². The maximum absolute atomic E-state index is 13.3. The second-order valence-electron chi connectivity index (χ2n) is 11.2. The first kappa shape index (κ1) is 31.0. The van der Waals surface area contributed by atoms with Crippen molar-refractivity contribution in [1.82, 2.24) is 25.1 Å². The third kappa shape index (κ3) is 6.57. The Morgan fingerprint density at radius 1 is 1.16 bits per heavy atom. The predicted octanol–water partition coefficient (Wildman–Crippen LogP) is 2.67. The van der Waals surface area contributed by atoms with E-state index in [1.807, 2.05) is 17.0 Å². The third-order valence-corrected chi connectivity index (χ3v) is 7.71. The molecule has 12 nitrogen and oxygen atoms in total. The molecule has 0 aromatic carbocycles. The van der Waals surface area contributed by atoms with Gasteiger partial charge in [-0.15, -0.1) is 0 Å². The zero-order chi connectivity index (χ0) is 32.5. The number of pyridine rings is 2. The number of rotatable bonds is 6. The highest BCUT2D eigenvalue weighted by atomic mass is 19.4. The molecule has 2 N–H and O–H groups in total. The van der Waals surface area contributed by atoms with E-state index < -0.39 is 34.9 Å². The quantitative estimate of drug-likeness (QED) is 0.314. The molecular formula is C30H28F3N9O3. The predicted molar refractivity (Wildman–Crippen MR) is 156 cm³/mol. The highest BCUT2D eigenvalue weighted by Gasteiger charge is 2.36. The largest absolute Gasteiger partial charge is 0.419 e. The fourth-order valence-electron chi connectivity index (χ4n) is 4.87. The Morgan fingerprint density at radius 3 is 2.56 bits per heavy atom. The number of piperidine rings is 1. The van der Waals surface area contributed by atoms with E-state index in [2.05, 4.69) is 42.4 Å². The first-order chi connectivity index (χ1) is 21.3. The van der Waals surface area contributed by atoms with Gasteiger partial charge in [0, 0.05) is 32.8 Å². The highest BCUT2D eigenvalue weighted by molar-refractivity contribution is 6.01. The van der Waals surface area contributed by atoms with Gasteiger partial charge in [0.05, 0.1) is 47.0 Å². The number of anilines is 3. The molecule has 2 aliphatic rings. The maximum atomic E-state index is 13.3. The Morgan fingerprint density at radius 2 is 1.91 bits per heavy atom. The molecule has 2 fully saturated rings. The molecule has 0 saturated carbocycles. The number of alkyl halides is 3. The molecule has 15 heteroatoms. The zero-order valence-corrected chi connectivity index (χ0v) is 24.5. The van der Waals surface area contributed by atoms with Crippen LogP contribution in [0.5, 0.6) is 0 Å². The molecule has 1 atom stereocenters. The van der Waals surface area contributed by atoms with Crippen LogP contribution in [0.2, 0.25) is 0 Å². The SMILES string of the molecule is CN(c1ccc(N2CC(C#Cc3cnn(C(C)(C)C(=O)Nc4cnc(C#N)c(C(F)(F)F)c4)c3)C2)nc1)C1CCC(=O)NC1=O. The van der Waals surface area contributed by atoms with E-state index in [0.29, 0.717) is 37.6 Å². The van der Waals surface area contributed by atoms with Crippen LogP contribution in [0.15, 0.2) is 43.0 Å². The molecule has 3 aromatic rings. The number of carbonyl (C=O) groups is 3. The van der Waals surface area contributed by atoms with Crippen molar-refractivity contribution >= 4 is 34.9 Å². The molecule has 2 aliphatic heterocycles. The molecule has 0 radical (unpaired) electrons. The number of hydrogen-bond donors (Lipinski definition) is 2. The van der Waals surface area contributed by atoms with Crippen LogP contribution in [-0.2, 0) is 26.1 Å². The lowest BCUT2D eigenvalue weighted by molar-refractivity contribution is -0.138. The smallest absolute Gasteiger partial charge is 0.361 e. The molecule has 0 bridgehead atoms. The lowest BCUT2D eigenvalue weighted by atomic mass is 10.0. The van der Waals surface area contributed by atoms with E-state index in [0.717, 1.165) is 17.7 Å². The number of imide groups is 1. The Labute approximate surface area is 256 Å². The lowest BCUT2D eigenvalue weighted by Crippen LogP contribution is -2.51. The van der Waals surface area contributed by atoms with Crippen molar-refractivity contribution < 1.29 is 27.6 Å². The summed E-state index contributed by atoms with van der Waals surface area (Å²) in [4.78, 5) is 48.5. The number of halogens is 3. The third-order valence-electron chi connectivity index (χ3n) is 7.71. The standard InChI is InChI=1S/C30H28F3N9O3/c1-29(2,28(45)38-20-10-22(30(31,32)33)23(11-34)35-13-20)42-17-18(12-37-42)4-5-19-15-41(16-19)25-8-6-21(14-36-25)40(3)24-7-9-26(43)39-27(24)44/h6,8,10,12-14,17,19,24H,7,9,15-16H2,1-3H3,(H,38,45)(H,39,43,44). The summed E-state index contributed by atoms with van der Waals surface area (Å²) in [6.45, 7) is 4.42. The van der Waals surface area contributed by atoms with Crippen LogP contribution in [0.1, 0.15) is 43.5 Å². The van der Waals surface area contributed by atoms with Crippen LogP contribution < -0.4 is 20.4 Å². The number of likely N-dealkylation sites (N-methyl/N-ethyl adjacent to an activating group) is 1. The van der Waals surface area contributed by atoms with Crippen molar-refractivity contribution in [3.8, 4) is 17.9 Å². The van der Waals surface area contributed by atoms with Gasteiger partial charge in [0.1, 0.15) is 23.5 Å². The minimum absolute atomic E-state index is 0.0731. The molecule has 5 rings (SSSR count). The van der Waals surface area contributed by atoms with Crippen molar-refractivity contribution in [3.63, 3.8) is 0 Å². The number of carbonyl (C=O) groups excluding carboxylic acids is 3. The first-order valence-electron chi connectivity index (χ1n) is 13.9. The Hall–Kier alpha value is -5.44. The van der Waals surface area contributed by atoms with Crippen molar-refractivity contribution in [2.24, 2.45) is 5.92 Å². The number of nitrogens with one attached hydrogen (secondary N) is 2. The van der Waals surface area contributed by atoms with Gasteiger partial charge < -0.3 is 15.1 Å². The number of amides is 3. The molecule has 0 spiro atoms. The minimum Gasteiger partial charge on any atom is -0.361 e. The number of aromatic nitrogens is 4. The second kappa shape index (κ2) is 11.9. The van der Waals surface area contributed by atoms with Crippen LogP contribution in [0.4, 0.5) is 30.4 Å². The minimum atomic E-state index is -4.81. The van der Waals surface area contributed by atoms with E-state index in [-0.39, 0.29) is 23.4 Å². The van der Waals surface area contributed by atoms with E-state index >= 15 is 0 Å². The van der Waals surface area contributed by atoms with Gasteiger partial charge in [0.25, 0.3) is 5.91 Å². The van der Waals surface area contributed by atoms with Crippen LogP contribution in [-0.4, -0.2) is 63.6 Å². The van der Waals surface area contributed by atoms with Crippen molar-refractivity contribution in [1.29, 1.82) is 5.26 Å². The van der Waals surface area contributed by atoms with Gasteiger partial charge in [-0.3, -0.25) is 24.4 Å². The van der Waals surface area contributed by atoms with Crippen molar-refractivity contribution in [2.75, 3.05) is 35.3 Å². The highest BCUT2D eigenvalue weighted by Crippen LogP contribution is 2.33. The Kier molecular flexibility index (Phi) is 8.21. The van der Waals surface area contributed by atoms with E-state index in [4.69, 9.17) is 5.26 Å². The average molecular weight is 620 g/mol. The van der Waals surface area contributed by atoms with Gasteiger partial charge in [-0.2, -0.15) is 23.5 Å². The van der Waals surface area contributed by atoms with Crippen LogP contribution in [0, 0.1) is 29.1 Å². The number of hydrogen-bond acceptors (Lipinski definition) is 9. The molecule has 2 saturated heterocycles. The molecule has 232 valence electrons. The molecule has 45 heavy (non-hydrogen) atoms. The lowest BCUT2D eigenvalue weighted by Gasteiger charge is -2.37. The summed E-state index contributed by atoms with van der Waals surface area (Å²) in [5.41, 5.74) is -2.19. The zero-order valence-electron chi connectivity index (χ0n) is 24.5. The van der Waals surface area contributed by atoms with Gasteiger partial charge >= 0.3 is 6.18 Å². The Bertz CT molecular complexity index is 1740. The average Bonchev–Trinajstić information content (AvgIpc) is 3.46. The monoisotopic (exact) mass is 619 g/mol. The molecule has 3 amide bonds. The van der Waals surface area contributed by atoms with E-state index in [1.165, 1.54) is 16.9 Å². The van der Waals surface area contributed by atoms with Crippen LogP contribution >= 0.6 is 0 Å². The van der Waals surface area contributed by atoms with Crippen molar-refractivity contribution in [2.45, 2.75) is 44.4 Å². The summed E-state index contributed by atoms with van der Waals surface area (Å²) in [5, 5.41) is 17.9. The van der Waals surface area contributed by atoms with Crippen LogP contribution in [0.3, 0.4) is 0 Å². The van der Waals surface area contributed by atoms with Gasteiger partial charge in [0.2, 0.25) is 11.8 Å². The maximum Gasteiger partial charge on any atom is 0.419 e. The Balaban J connectivity index is 1.16. The molecule has 0 aliphatic carbocycles. The van der Waals surface area contributed by atoms with E-state index in [1.54, 1.807) is 33.3 Å². The van der Waals surface area contributed by atoms with Gasteiger partial charge in [-0.25, -0.2) is 9.97 Å². The second-order valence-corrected chi connectivity index (χ2v) is 11.2. The van der Waals surface area contributed by atoms with Gasteiger partial charge in [0.15, 0.2) is 5.69 Å². The van der Waals surface area contributed by atoms with E-state index in [9.17, 15) is 27.6 Å². The first-order valence-corrected chi connectivity index (χ1v) is 13.9. The summed E-state index contributed by atoms with van der Waals surface area (Å²) in [6.07, 6.45) is 1.71.